The number of aromatic amines is 1. The van der Waals surface area contributed by atoms with E-state index in [1.807, 2.05) is 13.0 Å². The van der Waals surface area contributed by atoms with Crippen LogP contribution in [0.3, 0.4) is 0 Å². The number of benzene rings is 2. The van der Waals surface area contributed by atoms with Crippen molar-refractivity contribution in [3.05, 3.63) is 77.2 Å². The maximum atomic E-state index is 4.53. The fourth-order valence-electron chi connectivity index (χ4n) is 3.41. The second-order valence-corrected chi connectivity index (χ2v) is 7.09. The number of para-hydroxylation sites is 1. The van der Waals surface area contributed by atoms with Crippen LogP contribution in [0.15, 0.2) is 54.7 Å². The molecule has 0 aliphatic carbocycles. The van der Waals surface area contributed by atoms with Crippen LogP contribution in [0, 0.1) is 20.8 Å². The molecular formula is C23H25N5. The van der Waals surface area contributed by atoms with Crippen LogP contribution in [-0.4, -0.2) is 21.5 Å². The standard InChI is InChI=1S/C23H25N5/c1-15-7-6-10-20(16(15)2)28-23-13-22(26-17(3)27-23)24-12-11-18-14-25-21-9-5-4-8-19(18)21/h4-10,13-14,25H,11-12H2,1-3H3,(H2,24,26,27,28). The van der Waals surface area contributed by atoms with Gasteiger partial charge in [-0.15, -0.1) is 0 Å². The molecule has 0 spiro atoms. The average Bonchev–Trinajstić information content (AvgIpc) is 3.08. The highest BCUT2D eigenvalue weighted by atomic mass is 15.1. The van der Waals surface area contributed by atoms with E-state index in [0.29, 0.717) is 0 Å². The van der Waals surface area contributed by atoms with Gasteiger partial charge in [0, 0.05) is 35.4 Å². The Hall–Kier alpha value is -3.34. The first-order chi connectivity index (χ1) is 13.6. The molecule has 0 aliphatic rings. The molecule has 2 heterocycles. The maximum absolute atomic E-state index is 4.53. The van der Waals surface area contributed by atoms with Gasteiger partial charge < -0.3 is 15.6 Å². The van der Waals surface area contributed by atoms with E-state index in [2.05, 4.69) is 88.1 Å². The average molecular weight is 371 g/mol. The van der Waals surface area contributed by atoms with E-state index in [-0.39, 0.29) is 0 Å². The van der Waals surface area contributed by atoms with Gasteiger partial charge in [-0.2, -0.15) is 0 Å². The van der Waals surface area contributed by atoms with Crippen LogP contribution >= 0.6 is 0 Å². The third-order valence-corrected chi connectivity index (χ3v) is 5.08. The summed E-state index contributed by atoms with van der Waals surface area (Å²) in [7, 11) is 0. The summed E-state index contributed by atoms with van der Waals surface area (Å²) < 4.78 is 0. The number of hydrogen-bond acceptors (Lipinski definition) is 4. The Morgan fingerprint density at radius 3 is 2.64 bits per heavy atom. The maximum Gasteiger partial charge on any atom is 0.136 e. The van der Waals surface area contributed by atoms with E-state index in [1.54, 1.807) is 0 Å². The molecule has 142 valence electrons. The van der Waals surface area contributed by atoms with Crippen LogP contribution < -0.4 is 10.6 Å². The van der Waals surface area contributed by atoms with Crippen molar-refractivity contribution in [2.24, 2.45) is 0 Å². The number of aromatic nitrogens is 3. The minimum Gasteiger partial charge on any atom is -0.370 e. The van der Waals surface area contributed by atoms with Crippen LogP contribution in [-0.2, 0) is 6.42 Å². The Balaban J connectivity index is 1.46. The molecule has 2 aromatic carbocycles. The lowest BCUT2D eigenvalue weighted by Crippen LogP contribution is -2.08. The summed E-state index contributed by atoms with van der Waals surface area (Å²) in [6.45, 7) is 6.95. The summed E-state index contributed by atoms with van der Waals surface area (Å²) in [6, 6.07) is 16.6. The van der Waals surface area contributed by atoms with Gasteiger partial charge in [0.1, 0.15) is 17.5 Å². The molecule has 28 heavy (non-hydrogen) atoms. The van der Waals surface area contributed by atoms with Crippen LogP contribution in [0.5, 0.6) is 0 Å². The van der Waals surface area contributed by atoms with Crippen molar-refractivity contribution in [3.8, 4) is 0 Å². The lowest BCUT2D eigenvalue weighted by molar-refractivity contribution is 0.988. The Labute approximate surface area is 165 Å². The molecule has 5 heteroatoms. The molecule has 0 amide bonds. The largest absolute Gasteiger partial charge is 0.370 e. The Morgan fingerprint density at radius 2 is 1.75 bits per heavy atom. The number of aryl methyl sites for hydroxylation is 2. The molecule has 5 nitrogen and oxygen atoms in total. The predicted octanol–water partition coefficient (Wildman–Crippen LogP) is 5.28. The highest BCUT2D eigenvalue weighted by Crippen LogP contribution is 2.23. The zero-order valence-corrected chi connectivity index (χ0v) is 16.5. The Morgan fingerprint density at radius 1 is 0.929 bits per heavy atom. The van der Waals surface area contributed by atoms with Gasteiger partial charge in [0.2, 0.25) is 0 Å². The molecule has 0 fully saturated rings. The monoisotopic (exact) mass is 371 g/mol. The van der Waals surface area contributed by atoms with Crippen LogP contribution in [0.25, 0.3) is 10.9 Å². The first-order valence-electron chi connectivity index (χ1n) is 9.58. The number of anilines is 3. The third-order valence-electron chi connectivity index (χ3n) is 5.08. The van der Waals surface area contributed by atoms with Gasteiger partial charge in [-0.05, 0) is 56.0 Å². The SMILES string of the molecule is Cc1nc(NCCc2c[nH]c3ccccc23)cc(Nc2cccc(C)c2C)n1. The van der Waals surface area contributed by atoms with Gasteiger partial charge in [-0.3, -0.25) is 0 Å². The fourth-order valence-corrected chi connectivity index (χ4v) is 3.41. The molecule has 0 saturated heterocycles. The normalized spacial score (nSPS) is 11.0. The molecule has 0 saturated carbocycles. The summed E-state index contributed by atoms with van der Waals surface area (Å²) in [6.07, 6.45) is 3.01. The first-order valence-corrected chi connectivity index (χ1v) is 9.58. The van der Waals surface area contributed by atoms with E-state index >= 15 is 0 Å². The van der Waals surface area contributed by atoms with Crippen LogP contribution in [0.2, 0.25) is 0 Å². The van der Waals surface area contributed by atoms with Crippen molar-refractivity contribution in [2.75, 3.05) is 17.2 Å². The summed E-state index contributed by atoms with van der Waals surface area (Å²) in [4.78, 5) is 12.4. The van der Waals surface area contributed by atoms with Crippen molar-refractivity contribution in [1.29, 1.82) is 0 Å². The van der Waals surface area contributed by atoms with Gasteiger partial charge in [-0.25, -0.2) is 9.97 Å². The number of fused-ring (bicyclic) bond motifs is 1. The second kappa shape index (κ2) is 7.72. The van der Waals surface area contributed by atoms with Crippen LogP contribution in [0.4, 0.5) is 17.3 Å². The third kappa shape index (κ3) is 3.83. The quantitative estimate of drug-likeness (QED) is 0.431. The van der Waals surface area contributed by atoms with Crippen LogP contribution in [0.1, 0.15) is 22.5 Å². The summed E-state index contributed by atoms with van der Waals surface area (Å²) in [5, 5.41) is 8.14. The Kier molecular flexibility index (Phi) is 4.98. The highest BCUT2D eigenvalue weighted by molar-refractivity contribution is 5.83. The molecular weight excluding hydrogens is 346 g/mol. The van der Waals surface area contributed by atoms with Crippen molar-refractivity contribution >= 4 is 28.2 Å². The van der Waals surface area contributed by atoms with Gasteiger partial charge in [-0.1, -0.05) is 30.3 Å². The molecule has 0 aliphatic heterocycles. The molecule has 0 atom stereocenters. The van der Waals surface area contributed by atoms with Crippen molar-refractivity contribution < 1.29 is 0 Å². The number of rotatable bonds is 6. The number of nitrogens with zero attached hydrogens (tertiary/aromatic N) is 2. The molecule has 2 aromatic heterocycles. The fraction of sp³-hybridized carbons (Fsp3) is 0.217. The Bertz CT molecular complexity index is 1110. The molecule has 3 N–H and O–H groups in total. The van der Waals surface area contributed by atoms with Crippen molar-refractivity contribution in [1.82, 2.24) is 15.0 Å². The summed E-state index contributed by atoms with van der Waals surface area (Å²) in [5.41, 5.74) is 6.04. The minimum absolute atomic E-state index is 0.741. The van der Waals surface area contributed by atoms with Crippen molar-refractivity contribution in [2.45, 2.75) is 27.2 Å². The van der Waals surface area contributed by atoms with E-state index in [1.165, 1.54) is 27.6 Å². The van der Waals surface area contributed by atoms with Gasteiger partial charge >= 0.3 is 0 Å². The highest BCUT2D eigenvalue weighted by Gasteiger charge is 2.07. The van der Waals surface area contributed by atoms with E-state index < -0.39 is 0 Å². The number of H-pyrrole nitrogens is 1. The molecule has 0 bridgehead atoms. The molecule has 4 rings (SSSR count). The summed E-state index contributed by atoms with van der Waals surface area (Å²) >= 11 is 0. The van der Waals surface area contributed by atoms with Gasteiger partial charge in [0.05, 0.1) is 0 Å². The molecule has 4 aromatic rings. The minimum atomic E-state index is 0.741. The smallest absolute Gasteiger partial charge is 0.136 e. The predicted molar refractivity (Wildman–Crippen MR) is 116 cm³/mol. The van der Waals surface area contributed by atoms with E-state index in [0.717, 1.165) is 36.1 Å². The van der Waals surface area contributed by atoms with Gasteiger partial charge in [0.15, 0.2) is 0 Å². The molecule has 0 radical (unpaired) electrons. The van der Waals surface area contributed by atoms with Gasteiger partial charge in [0.25, 0.3) is 0 Å². The van der Waals surface area contributed by atoms with E-state index in [4.69, 9.17) is 0 Å². The number of hydrogen-bond donors (Lipinski definition) is 3. The zero-order valence-electron chi connectivity index (χ0n) is 16.5. The second-order valence-electron chi connectivity index (χ2n) is 7.09. The number of nitrogens with one attached hydrogen (secondary N) is 3. The summed E-state index contributed by atoms with van der Waals surface area (Å²) in [5.74, 6) is 2.38. The lowest BCUT2D eigenvalue weighted by atomic mass is 10.1. The lowest BCUT2D eigenvalue weighted by Gasteiger charge is -2.13. The first kappa shape index (κ1) is 18.0. The molecule has 0 unspecified atom stereocenters. The zero-order chi connectivity index (χ0) is 19.5. The topological polar surface area (TPSA) is 65.6 Å². The van der Waals surface area contributed by atoms with Crippen molar-refractivity contribution in [3.63, 3.8) is 0 Å². The van der Waals surface area contributed by atoms with E-state index in [9.17, 15) is 0 Å².